The molecule has 0 aliphatic carbocycles. The van der Waals surface area contributed by atoms with E-state index in [0.717, 1.165) is 0 Å². The molecule has 0 aliphatic rings. The highest BCUT2D eigenvalue weighted by Gasteiger charge is 2.23. The van der Waals surface area contributed by atoms with Crippen molar-refractivity contribution in [1.82, 2.24) is 4.98 Å². The molecule has 4 nitrogen and oxygen atoms in total. The van der Waals surface area contributed by atoms with E-state index in [1.165, 1.54) is 12.4 Å². The maximum absolute atomic E-state index is 9.72. The maximum atomic E-state index is 9.72. The standard InChI is InChI=1S/C9H11Cl2NO3/c10-5-3-12-4-6(11)8(5)9(15)7(14)1-2-13/h3-4,7,9,13-15H,1-2H2. The Labute approximate surface area is 97.1 Å². The number of aliphatic hydroxyl groups excluding tert-OH is 3. The number of hydrogen-bond acceptors (Lipinski definition) is 4. The lowest BCUT2D eigenvalue weighted by molar-refractivity contribution is 0.00428. The monoisotopic (exact) mass is 251 g/mol. The zero-order chi connectivity index (χ0) is 11.4. The smallest absolute Gasteiger partial charge is 0.108 e. The Bertz CT molecular complexity index is 315. The van der Waals surface area contributed by atoms with E-state index in [2.05, 4.69) is 4.98 Å². The van der Waals surface area contributed by atoms with Crippen LogP contribution < -0.4 is 0 Å². The second kappa shape index (κ2) is 5.63. The van der Waals surface area contributed by atoms with Crippen molar-refractivity contribution in [2.75, 3.05) is 6.61 Å². The second-order valence-corrected chi connectivity index (χ2v) is 3.86. The predicted molar refractivity (Wildman–Crippen MR) is 56.9 cm³/mol. The van der Waals surface area contributed by atoms with Crippen molar-refractivity contribution < 1.29 is 15.3 Å². The van der Waals surface area contributed by atoms with Gasteiger partial charge < -0.3 is 15.3 Å². The van der Waals surface area contributed by atoms with Crippen LogP contribution in [0.4, 0.5) is 0 Å². The highest BCUT2D eigenvalue weighted by atomic mass is 35.5. The summed E-state index contributed by atoms with van der Waals surface area (Å²) in [7, 11) is 0. The molecule has 1 heterocycles. The van der Waals surface area contributed by atoms with E-state index >= 15 is 0 Å². The first-order chi connectivity index (χ1) is 7.07. The molecule has 15 heavy (non-hydrogen) atoms. The van der Waals surface area contributed by atoms with Crippen molar-refractivity contribution >= 4 is 23.2 Å². The van der Waals surface area contributed by atoms with E-state index in [1.54, 1.807) is 0 Å². The molecule has 0 saturated carbocycles. The lowest BCUT2D eigenvalue weighted by Crippen LogP contribution is -2.20. The molecule has 0 aliphatic heterocycles. The molecule has 0 radical (unpaired) electrons. The Morgan fingerprint density at radius 2 is 1.73 bits per heavy atom. The van der Waals surface area contributed by atoms with Gasteiger partial charge >= 0.3 is 0 Å². The van der Waals surface area contributed by atoms with E-state index in [0.29, 0.717) is 0 Å². The molecule has 6 heteroatoms. The fourth-order valence-corrected chi connectivity index (χ4v) is 1.77. The first-order valence-electron chi connectivity index (χ1n) is 4.33. The molecular formula is C9H11Cl2NO3. The van der Waals surface area contributed by atoms with Gasteiger partial charge in [0.25, 0.3) is 0 Å². The van der Waals surface area contributed by atoms with Gasteiger partial charge in [-0.2, -0.15) is 0 Å². The van der Waals surface area contributed by atoms with E-state index in [-0.39, 0.29) is 28.6 Å². The molecule has 0 amide bonds. The van der Waals surface area contributed by atoms with Gasteiger partial charge in [0.2, 0.25) is 0 Å². The summed E-state index contributed by atoms with van der Waals surface area (Å²) < 4.78 is 0. The molecule has 1 rings (SSSR count). The molecule has 1 aromatic rings. The summed E-state index contributed by atoms with van der Waals surface area (Å²) in [6.07, 6.45) is 0.387. The number of hydrogen-bond donors (Lipinski definition) is 3. The van der Waals surface area contributed by atoms with Crippen LogP contribution in [0.2, 0.25) is 10.0 Å². The van der Waals surface area contributed by atoms with Crippen molar-refractivity contribution in [3.8, 4) is 0 Å². The maximum Gasteiger partial charge on any atom is 0.108 e. The minimum Gasteiger partial charge on any atom is -0.396 e. The van der Waals surface area contributed by atoms with Crippen LogP contribution in [0.5, 0.6) is 0 Å². The topological polar surface area (TPSA) is 73.6 Å². The molecule has 0 aromatic carbocycles. The minimum atomic E-state index is -1.22. The summed E-state index contributed by atoms with van der Waals surface area (Å²) in [6.45, 7) is -0.224. The third-order valence-electron chi connectivity index (χ3n) is 1.98. The molecule has 84 valence electrons. The highest BCUT2D eigenvalue weighted by molar-refractivity contribution is 6.35. The van der Waals surface area contributed by atoms with Crippen LogP contribution in [-0.4, -0.2) is 33.0 Å². The molecule has 0 spiro atoms. The van der Waals surface area contributed by atoms with Crippen molar-refractivity contribution in [3.63, 3.8) is 0 Å². The van der Waals surface area contributed by atoms with Crippen LogP contribution >= 0.6 is 23.2 Å². The summed E-state index contributed by atoms with van der Waals surface area (Å²) in [5.41, 5.74) is 0.231. The molecular weight excluding hydrogens is 241 g/mol. The van der Waals surface area contributed by atoms with Crippen LogP contribution in [0.15, 0.2) is 12.4 Å². The Hall–Kier alpha value is -0.390. The van der Waals surface area contributed by atoms with Crippen molar-refractivity contribution in [2.24, 2.45) is 0 Å². The van der Waals surface area contributed by atoms with Gasteiger partial charge in [0, 0.05) is 24.6 Å². The van der Waals surface area contributed by atoms with Crippen molar-refractivity contribution in [3.05, 3.63) is 28.0 Å². The average molecular weight is 252 g/mol. The van der Waals surface area contributed by atoms with E-state index in [4.69, 9.17) is 28.3 Å². The van der Waals surface area contributed by atoms with E-state index < -0.39 is 12.2 Å². The van der Waals surface area contributed by atoms with Crippen molar-refractivity contribution in [1.29, 1.82) is 0 Å². The number of nitrogens with zero attached hydrogens (tertiary/aromatic N) is 1. The van der Waals surface area contributed by atoms with E-state index in [9.17, 15) is 10.2 Å². The zero-order valence-electron chi connectivity index (χ0n) is 7.77. The normalized spacial score (nSPS) is 15.0. The molecule has 0 fully saturated rings. The van der Waals surface area contributed by atoms with Crippen molar-refractivity contribution in [2.45, 2.75) is 18.6 Å². The molecule has 2 atom stereocenters. The predicted octanol–water partition coefficient (Wildman–Crippen LogP) is 1.17. The number of halogens is 2. The average Bonchev–Trinajstić information content (AvgIpc) is 2.17. The second-order valence-electron chi connectivity index (χ2n) is 3.04. The van der Waals surface area contributed by atoms with Crippen LogP contribution in [0.3, 0.4) is 0 Å². The van der Waals surface area contributed by atoms with Gasteiger partial charge in [-0.3, -0.25) is 4.98 Å². The van der Waals surface area contributed by atoms with Gasteiger partial charge in [0.15, 0.2) is 0 Å². The number of pyridine rings is 1. The fraction of sp³-hybridized carbons (Fsp3) is 0.444. The van der Waals surface area contributed by atoms with Crippen LogP contribution in [0.25, 0.3) is 0 Å². The Morgan fingerprint density at radius 1 is 1.20 bits per heavy atom. The number of aliphatic hydroxyl groups is 3. The van der Waals surface area contributed by atoms with Crippen LogP contribution in [-0.2, 0) is 0 Å². The Balaban J connectivity index is 2.94. The summed E-state index contributed by atoms with van der Waals surface area (Å²) in [6, 6.07) is 0. The zero-order valence-corrected chi connectivity index (χ0v) is 9.28. The van der Waals surface area contributed by atoms with Gasteiger partial charge in [0.05, 0.1) is 16.1 Å². The summed E-state index contributed by atoms with van der Waals surface area (Å²) in [4.78, 5) is 3.73. The van der Waals surface area contributed by atoms with Gasteiger partial charge in [-0.05, 0) is 6.42 Å². The quantitative estimate of drug-likeness (QED) is 0.751. The first kappa shape index (κ1) is 12.7. The lowest BCUT2D eigenvalue weighted by Gasteiger charge is -2.19. The number of aromatic nitrogens is 1. The third-order valence-corrected chi connectivity index (χ3v) is 2.58. The van der Waals surface area contributed by atoms with Crippen LogP contribution in [0.1, 0.15) is 18.1 Å². The largest absolute Gasteiger partial charge is 0.396 e. The molecule has 2 unspecified atom stereocenters. The molecule has 3 N–H and O–H groups in total. The molecule has 1 aromatic heterocycles. The summed E-state index contributed by atoms with van der Waals surface area (Å²) in [5.74, 6) is 0. The Morgan fingerprint density at radius 3 is 2.20 bits per heavy atom. The minimum absolute atomic E-state index is 0.0517. The highest BCUT2D eigenvalue weighted by Crippen LogP contribution is 2.31. The van der Waals surface area contributed by atoms with Crippen LogP contribution in [0, 0.1) is 0 Å². The Kier molecular flexibility index (Phi) is 4.76. The summed E-state index contributed by atoms with van der Waals surface area (Å²) >= 11 is 11.6. The molecule has 0 bridgehead atoms. The SMILES string of the molecule is OCCC(O)C(O)c1c(Cl)cncc1Cl. The first-order valence-corrected chi connectivity index (χ1v) is 5.09. The third kappa shape index (κ3) is 3.03. The lowest BCUT2D eigenvalue weighted by atomic mass is 10.0. The van der Waals surface area contributed by atoms with Gasteiger partial charge in [-0.25, -0.2) is 0 Å². The van der Waals surface area contributed by atoms with Gasteiger partial charge in [-0.15, -0.1) is 0 Å². The fourth-order valence-electron chi connectivity index (χ4n) is 1.19. The van der Waals surface area contributed by atoms with Gasteiger partial charge in [0.1, 0.15) is 6.10 Å². The van der Waals surface area contributed by atoms with Gasteiger partial charge in [-0.1, -0.05) is 23.2 Å². The molecule has 0 saturated heterocycles. The van der Waals surface area contributed by atoms with E-state index in [1.807, 2.05) is 0 Å². The number of rotatable bonds is 4. The summed E-state index contributed by atoms with van der Waals surface area (Å²) in [5, 5.41) is 28.2.